The van der Waals surface area contributed by atoms with Crippen molar-refractivity contribution in [2.24, 2.45) is 0 Å². The Balaban J connectivity index is 2.08. The van der Waals surface area contributed by atoms with Crippen LogP contribution in [0.3, 0.4) is 0 Å². The van der Waals surface area contributed by atoms with Gasteiger partial charge in [-0.1, -0.05) is 41.9 Å². The minimum absolute atomic E-state index is 0.0961. The number of nitrogens with zero attached hydrogens (tertiary/aromatic N) is 1. The Labute approximate surface area is 163 Å². The normalized spacial score (nSPS) is 12.1. The van der Waals surface area contributed by atoms with E-state index < -0.39 is 12.1 Å². The van der Waals surface area contributed by atoms with Crippen LogP contribution in [0.15, 0.2) is 54.1 Å². The zero-order valence-corrected chi connectivity index (χ0v) is 15.9. The zero-order chi connectivity index (χ0) is 19.6. The Morgan fingerprint density at radius 3 is 2.74 bits per heavy atom. The lowest BCUT2D eigenvalue weighted by molar-refractivity contribution is -0.145. The number of hydrogen-bond donors (Lipinski definition) is 0. The second-order valence-corrected chi connectivity index (χ2v) is 6.20. The summed E-state index contributed by atoms with van der Waals surface area (Å²) in [4.78, 5) is 12.1. The van der Waals surface area contributed by atoms with Gasteiger partial charge in [0.1, 0.15) is 30.1 Å². The average molecular weight is 386 g/mol. The molecule has 0 spiro atoms. The van der Waals surface area contributed by atoms with Crippen molar-refractivity contribution >= 4 is 23.6 Å². The van der Waals surface area contributed by atoms with Gasteiger partial charge in [0.2, 0.25) is 0 Å². The van der Waals surface area contributed by atoms with Crippen LogP contribution in [0.4, 0.5) is 0 Å². The van der Waals surface area contributed by atoms with E-state index in [4.69, 9.17) is 25.8 Å². The van der Waals surface area contributed by atoms with E-state index in [1.807, 2.05) is 24.3 Å². The van der Waals surface area contributed by atoms with Crippen molar-refractivity contribution in [2.75, 3.05) is 13.7 Å². The first-order valence-corrected chi connectivity index (χ1v) is 8.69. The van der Waals surface area contributed by atoms with Gasteiger partial charge < -0.3 is 14.2 Å². The Hall–Kier alpha value is -2.81. The van der Waals surface area contributed by atoms with E-state index in [-0.39, 0.29) is 12.2 Å². The molecule has 2 rings (SSSR count). The molecule has 0 radical (unpaired) electrons. The first-order valence-electron chi connectivity index (χ1n) is 8.31. The van der Waals surface area contributed by atoms with Crippen LogP contribution >= 0.6 is 11.6 Å². The Morgan fingerprint density at radius 2 is 2.04 bits per heavy atom. The first-order chi connectivity index (χ1) is 13.0. The topological polar surface area (TPSA) is 68.5 Å². The average Bonchev–Trinajstić information content (AvgIpc) is 2.66. The summed E-state index contributed by atoms with van der Waals surface area (Å²) >= 11 is 6.12. The van der Waals surface area contributed by atoms with Gasteiger partial charge in [0, 0.05) is 17.7 Å². The smallest absolute Gasteiger partial charge is 0.349 e. The van der Waals surface area contributed by atoms with Gasteiger partial charge in [-0.05, 0) is 36.8 Å². The Bertz CT molecular complexity index is 857. The molecule has 0 heterocycles. The van der Waals surface area contributed by atoms with Gasteiger partial charge >= 0.3 is 5.97 Å². The molecule has 0 aliphatic carbocycles. The molecule has 1 atom stereocenters. The van der Waals surface area contributed by atoms with Gasteiger partial charge in [0.15, 0.2) is 0 Å². The zero-order valence-electron chi connectivity index (χ0n) is 15.1. The van der Waals surface area contributed by atoms with E-state index in [0.29, 0.717) is 22.9 Å². The van der Waals surface area contributed by atoms with Gasteiger partial charge in [-0.25, -0.2) is 4.79 Å². The van der Waals surface area contributed by atoms with Crippen LogP contribution in [0.2, 0.25) is 5.02 Å². The fourth-order valence-electron chi connectivity index (χ4n) is 2.29. The Kier molecular flexibility index (Phi) is 7.87. The number of rotatable bonds is 8. The van der Waals surface area contributed by atoms with E-state index >= 15 is 0 Å². The highest BCUT2D eigenvalue weighted by molar-refractivity contribution is 6.31. The van der Waals surface area contributed by atoms with Crippen LogP contribution in [0.1, 0.15) is 18.1 Å². The molecule has 5 nitrogen and oxygen atoms in total. The summed E-state index contributed by atoms with van der Waals surface area (Å²) in [6.07, 6.45) is 1.02. The van der Waals surface area contributed by atoms with Crippen LogP contribution in [-0.4, -0.2) is 25.8 Å². The lowest BCUT2D eigenvalue weighted by Crippen LogP contribution is -2.20. The summed E-state index contributed by atoms with van der Waals surface area (Å²) in [6, 6.07) is 16.4. The van der Waals surface area contributed by atoms with E-state index in [0.717, 1.165) is 5.56 Å². The van der Waals surface area contributed by atoms with Crippen LogP contribution < -0.4 is 4.74 Å². The highest BCUT2D eigenvalue weighted by Gasteiger charge is 2.14. The van der Waals surface area contributed by atoms with Gasteiger partial charge in [0.25, 0.3) is 0 Å². The molecule has 0 aliphatic rings. The standard InChI is InChI=1S/C21H20ClNO4/c1-15(13-25-2)27-21(24)18(12-23)10-16-6-5-8-19(11-16)26-14-17-7-3-4-9-20(17)22/h3-11,15H,13-14H2,1-2H3/b18-10+/t15-/m0/s1. The lowest BCUT2D eigenvalue weighted by Gasteiger charge is -2.11. The maximum absolute atomic E-state index is 12.1. The lowest BCUT2D eigenvalue weighted by atomic mass is 10.1. The summed E-state index contributed by atoms with van der Waals surface area (Å²) in [5, 5.41) is 9.89. The monoisotopic (exact) mass is 385 g/mol. The minimum atomic E-state index is -0.690. The molecule has 6 heteroatoms. The molecule has 0 aliphatic heterocycles. The van der Waals surface area contributed by atoms with Crippen molar-refractivity contribution < 1.29 is 19.0 Å². The van der Waals surface area contributed by atoms with E-state index in [1.165, 1.54) is 13.2 Å². The second-order valence-electron chi connectivity index (χ2n) is 5.79. The number of hydrogen-bond acceptors (Lipinski definition) is 5. The molecule has 0 fully saturated rings. The third kappa shape index (κ3) is 6.45. The van der Waals surface area contributed by atoms with Crippen molar-refractivity contribution in [1.29, 1.82) is 5.26 Å². The van der Waals surface area contributed by atoms with Crippen molar-refractivity contribution in [1.82, 2.24) is 0 Å². The summed E-state index contributed by atoms with van der Waals surface area (Å²) in [5.74, 6) is -0.0912. The van der Waals surface area contributed by atoms with E-state index in [2.05, 4.69) is 0 Å². The predicted octanol–water partition coefficient (Wildman–Crippen LogP) is 4.40. The number of ether oxygens (including phenoxy) is 3. The predicted molar refractivity (Wildman–Crippen MR) is 103 cm³/mol. The number of esters is 1. The summed E-state index contributed by atoms with van der Waals surface area (Å²) < 4.78 is 15.8. The number of halogens is 1. The molecule has 0 bridgehead atoms. The van der Waals surface area contributed by atoms with Crippen molar-refractivity contribution in [3.8, 4) is 11.8 Å². The highest BCUT2D eigenvalue weighted by Crippen LogP contribution is 2.20. The minimum Gasteiger partial charge on any atom is -0.489 e. The number of carbonyl (C=O) groups excluding carboxylic acids is 1. The molecule has 0 aromatic heterocycles. The van der Waals surface area contributed by atoms with Gasteiger partial charge in [-0.15, -0.1) is 0 Å². The van der Waals surface area contributed by atoms with E-state index in [1.54, 1.807) is 37.3 Å². The van der Waals surface area contributed by atoms with Crippen LogP contribution in [-0.2, 0) is 20.9 Å². The largest absolute Gasteiger partial charge is 0.489 e. The molecule has 0 N–H and O–H groups in total. The molecule has 2 aromatic rings. The molecule has 140 valence electrons. The van der Waals surface area contributed by atoms with Gasteiger partial charge in [-0.3, -0.25) is 0 Å². The van der Waals surface area contributed by atoms with Crippen molar-refractivity contribution in [3.05, 3.63) is 70.3 Å². The van der Waals surface area contributed by atoms with Gasteiger partial charge in [0.05, 0.1) is 6.61 Å². The van der Waals surface area contributed by atoms with Crippen molar-refractivity contribution in [3.63, 3.8) is 0 Å². The fraction of sp³-hybridized carbons (Fsp3) is 0.238. The maximum Gasteiger partial charge on any atom is 0.349 e. The SMILES string of the molecule is COC[C@H](C)OC(=O)/C(C#N)=C/c1cccc(OCc2ccccc2Cl)c1. The molecule has 0 saturated heterocycles. The quantitative estimate of drug-likeness (QED) is 0.382. The van der Waals surface area contributed by atoms with Crippen LogP contribution in [0, 0.1) is 11.3 Å². The second kappa shape index (κ2) is 10.4. The van der Waals surface area contributed by atoms with Crippen LogP contribution in [0.5, 0.6) is 5.75 Å². The van der Waals surface area contributed by atoms with Gasteiger partial charge in [-0.2, -0.15) is 5.26 Å². The molecule has 0 amide bonds. The van der Waals surface area contributed by atoms with E-state index in [9.17, 15) is 10.1 Å². The number of methoxy groups -OCH3 is 1. The third-order valence-corrected chi connectivity index (χ3v) is 3.94. The molecule has 27 heavy (non-hydrogen) atoms. The third-order valence-electron chi connectivity index (χ3n) is 3.57. The molecule has 2 aromatic carbocycles. The summed E-state index contributed by atoms with van der Waals surface area (Å²) in [7, 11) is 1.51. The first kappa shape index (κ1) is 20.5. The maximum atomic E-state index is 12.1. The number of benzene rings is 2. The fourth-order valence-corrected chi connectivity index (χ4v) is 2.48. The van der Waals surface area contributed by atoms with Crippen LogP contribution in [0.25, 0.3) is 6.08 Å². The van der Waals surface area contributed by atoms with Crippen molar-refractivity contribution in [2.45, 2.75) is 19.6 Å². The summed E-state index contributed by atoms with van der Waals surface area (Å²) in [6.45, 7) is 2.27. The number of carbonyl (C=O) groups is 1. The molecule has 0 saturated carbocycles. The molecular weight excluding hydrogens is 366 g/mol. The highest BCUT2D eigenvalue weighted by atomic mass is 35.5. The summed E-state index contributed by atoms with van der Waals surface area (Å²) in [5.41, 5.74) is 1.43. The Morgan fingerprint density at radius 1 is 1.26 bits per heavy atom. The molecular formula is C21H20ClNO4. The molecule has 0 unspecified atom stereocenters. The number of nitriles is 1.